The van der Waals surface area contributed by atoms with Gasteiger partial charge in [0.05, 0.1) is 12.8 Å². The molecule has 2 aromatic carbocycles. The maximum atomic E-state index is 12.0. The first-order valence-corrected chi connectivity index (χ1v) is 6.96. The van der Waals surface area contributed by atoms with Gasteiger partial charge >= 0.3 is 0 Å². The van der Waals surface area contributed by atoms with Crippen LogP contribution in [0.2, 0.25) is 0 Å². The summed E-state index contributed by atoms with van der Waals surface area (Å²) in [4.78, 5) is 12.0. The number of carbonyl (C=O) groups is 1. The number of aryl methyl sites for hydroxylation is 1. The van der Waals surface area contributed by atoms with Crippen LogP contribution < -0.4 is 10.2 Å². The minimum Gasteiger partial charge on any atom is -0.504 e. The highest BCUT2D eigenvalue weighted by atomic mass is 16.5. The van der Waals surface area contributed by atoms with E-state index in [0.29, 0.717) is 23.5 Å². The lowest BCUT2D eigenvalue weighted by Gasteiger charge is -2.06. The molecule has 0 heterocycles. The third-order valence-electron chi connectivity index (χ3n) is 3.05. The average molecular weight is 298 g/mol. The fraction of sp³-hybridized carbons (Fsp3) is 0.176. The highest BCUT2D eigenvalue weighted by Crippen LogP contribution is 2.25. The Hall–Kier alpha value is -2.82. The van der Waals surface area contributed by atoms with Gasteiger partial charge in [0.25, 0.3) is 5.91 Å². The van der Waals surface area contributed by atoms with E-state index in [1.807, 2.05) is 26.0 Å². The van der Waals surface area contributed by atoms with Crippen molar-refractivity contribution in [1.82, 2.24) is 5.43 Å². The smallest absolute Gasteiger partial charge is 0.271 e. The van der Waals surface area contributed by atoms with Crippen molar-refractivity contribution >= 4 is 12.1 Å². The molecule has 0 saturated carbocycles. The topological polar surface area (TPSA) is 70.9 Å². The number of rotatable bonds is 5. The largest absolute Gasteiger partial charge is 0.504 e. The summed E-state index contributed by atoms with van der Waals surface area (Å²) in [6.07, 6.45) is 1.46. The van der Waals surface area contributed by atoms with E-state index in [-0.39, 0.29) is 11.7 Å². The van der Waals surface area contributed by atoms with E-state index in [9.17, 15) is 9.90 Å². The maximum Gasteiger partial charge on any atom is 0.271 e. The van der Waals surface area contributed by atoms with Crippen LogP contribution in [0.25, 0.3) is 0 Å². The van der Waals surface area contributed by atoms with Gasteiger partial charge in [-0.3, -0.25) is 4.79 Å². The number of benzene rings is 2. The zero-order valence-electron chi connectivity index (χ0n) is 12.5. The molecule has 0 unspecified atom stereocenters. The molecule has 0 spiro atoms. The molecule has 22 heavy (non-hydrogen) atoms. The van der Waals surface area contributed by atoms with Gasteiger partial charge in [-0.2, -0.15) is 5.10 Å². The monoisotopic (exact) mass is 298 g/mol. The number of phenols is 1. The number of nitrogens with zero attached hydrogens (tertiary/aromatic N) is 1. The third kappa shape index (κ3) is 3.85. The summed E-state index contributed by atoms with van der Waals surface area (Å²) in [7, 11) is 0. The Kier molecular flexibility index (Phi) is 5.14. The van der Waals surface area contributed by atoms with E-state index in [1.165, 1.54) is 12.3 Å². The van der Waals surface area contributed by atoms with Gasteiger partial charge < -0.3 is 9.84 Å². The lowest BCUT2D eigenvalue weighted by molar-refractivity contribution is 0.0954. The van der Waals surface area contributed by atoms with Crippen molar-refractivity contribution in [3.05, 3.63) is 59.2 Å². The average Bonchev–Trinajstić information content (AvgIpc) is 2.50. The van der Waals surface area contributed by atoms with E-state index < -0.39 is 0 Å². The van der Waals surface area contributed by atoms with Crippen molar-refractivity contribution in [3.63, 3.8) is 0 Å². The third-order valence-corrected chi connectivity index (χ3v) is 3.05. The van der Waals surface area contributed by atoms with E-state index >= 15 is 0 Å². The van der Waals surface area contributed by atoms with Crippen molar-refractivity contribution in [3.8, 4) is 11.5 Å². The maximum absolute atomic E-state index is 12.0. The molecule has 0 aliphatic rings. The van der Waals surface area contributed by atoms with Crippen molar-refractivity contribution < 1.29 is 14.6 Å². The van der Waals surface area contributed by atoms with Gasteiger partial charge in [0, 0.05) is 5.56 Å². The fourth-order valence-electron chi connectivity index (χ4n) is 1.95. The molecule has 0 saturated heterocycles. The molecule has 2 rings (SSSR count). The number of amides is 1. The van der Waals surface area contributed by atoms with Crippen LogP contribution in [0.15, 0.2) is 47.6 Å². The molecule has 2 N–H and O–H groups in total. The van der Waals surface area contributed by atoms with Crippen LogP contribution in [0.5, 0.6) is 11.5 Å². The molecule has 0 radical (unpaired) electrons. The molecule has 5 nitrogen and oxygen atoms in total. The van der Waals surface area contributed by atoms with Gasteiger partial charge in [0.15, 0.2) is 11.5 Å². The number of hydrazone groups is 1. The number of carbonyl (C=O) groups excluding carboxylic acids is 1. The quantitative estimate of drug-likeness (QED) is 0.658. The number of hydrogen-bond acceptors (Lipinski definition) is 4. The minimum absolute atomic E-state index is 0.0380. The highest BCUT2D eigenvalue weighted by Gasteiger charge is 2.06. The zero-order valence-corrected chi connectivity index (χ0v) is 12.5. The SMILES string of the molecule is CCOc1ccc(C=NNC(=O)c2ccccc2C)cc1O. The summed E-state index contributed by atoms with van der Waals surface area (Å²) in [5, 5.41) is 13.7. The number of nitrogens with one attached hydrogen (secondary N) is 1. The molecular weight excluding hydrogens is 280 g/mol. The second-order valence-electron chi connectivity index (χ2n) is 4.67. The first-order chi connectivity index (χ1) is 10.6. The van der Waals surface area contributed by atoms with Crippen LogP contribution in [-0.2, 0) is 0 Å². The molecule has 114 valence electrons. The van der Waals surface area contributed by atoms with E-state index in [1.54, 1.807) is 24.3 Å². The normalized spacial score (nSPS) is 10.6. The molecule has 0 aromatic heterocycles. The summed E-state index contributed by atoms with van der Waals surface area (Å²) in [5.41, 5.74) is 4.58. The first-order valence-electron chi connectivity index (χ1n) is 6.96. The second kappa shape index (κ2) is 7.26. The van der Waals surface area contributed by atoms with Gasteiger partial charge in [-0.1, -0.05) is 18.2 Å². The van der Waals surface area contributed by atoms with Gasteiger partial charge in [0.1, 0.15) is 0 Å². The Morgan fingerprint density at radius 1 is 1.32 bits per heavy atom. The number of phenolic OH excluding ortho intramolecular Hbond substituents is 1. The van der Waals surface area contributed by atoms with Gasteiger partial charge in [-0.25, -0.2) is 5.43 Å². The standard InChI is InChI=1S/C17H18N2O3/c1-3-22-16-9-8-13(10-15(16)20)11-18-19-17(21)14-7-5-4-6-12(14)2/h4-11,20H,3H2,1-2H3,(H,19,21). The van der Waals surface area contributed by atoms with Gasteiger partial charge in [0.2, 0.25) is 0 Å². The number of aromatic hydroxyl groups is 1. The van der Waals surface area contributed by atoms with Gasteiger partial charge in [-0.15, -0.1) is 0 Å². The summed E-state index contributed by atoms with van der Waals surface area (Å²) < 4.78 is 5.24. The van der Waals surface area contributed by atoms with Crippen LogP contribution in [0.4, 0.5) is 0 Å². The lowest BCUT2D eigenvalue weighted by atomic mass is 10.1. The number of hydrogen-bond donors (Lipinski definition) is 2. The fourth-order valence-corrected chi connectivity index (χ4v) is 1.95. The summed E-state index contributed by atoms with van der Waals surface area (Å²) in [5.74, 6) is 0.184. The molecule has 2 aromatic rings. The summed E-state index contributed by atoms with van der Waals surface area (Å²) >= 11 is 0. The Morgan fingerprint density at radius 2 is 2.09 bits per heavy atom. The second-order valence-corrected chi connectivity index (χ2v) is 4.67. The van der Waals surface area contributed by atoms with Crippen molar-refractivity contribution in [1.29, 1.82) is 0 Å². The molecule has 0 atom stereocenters. The van der Waals surface area contributed by atoms with Crippen LogP contribution in [-0.4, -0.2) is 23.8 Å². The van der Waals surface area contributed by atoms with Crippen LogP contribution in [0.1, 0.15) is 28.4 Å². The summed E-state index contributed by atoms with van der Waals surface area (Å²) in [6, 6.07) is 12.2. The predicted octanol–water partition coefficient (Wildman–Crippen LogP) is 2.86. The molecule has 0 fully saturated rings. The Bertz CT molecular complexity index is 696. The molecule has 1 amide bonds. The molecule has 0 aliphatic carbocycles. The van der Waals surface area contributed by atoms with Crippen LogP contribution in [0.3, 0.4) is 0 Å². The van der Waals surface area contributed by atoms with Gasteiger partial charge in [-0.05, 0) is 49.2 Å². The zero-order chi connectivity index (χ0) is 15.9. The number of ether oxygens (including phenoxy) is 1. The van der Waals surface area contributed by atoms with Crippen molar-refractivity contribution in [2.24, 2.45) is 5.10 Å². The van der Waals surface area contributed by atoms with Crippen LogP contribution >= 0.6 is 0 Å². The minimum atomic E-state index is -0.274. The molecule has 0 aliphatic heterocycles. The van der Waals surface area contributed by atoms with Crippen molar-refractivity contribution in [2.75, 3.05) is 6.61 Å². The predicted molar refractivity (Wildman–Crippen MR) is 85.5 cm³/mol. The van der Waals surface area contributed by atoms with E-state index in [2.05, 4.69) is 10.5 Å². The first kappa shape index (κ1) is 15.6. The lowest BCUT2D eigenvalue weighted by Crippen LogP contribution is -2.18. The Balaban J connectivity index is 2.02. The van der Waals surface area contributed by atoms with Crippen LogP contribution in [0, 0.1) is 6.92 Å². The van der Waals surface area contributed by atoms with Crippen molar-refractivity contribution in [2.45, 2.75) is 13.8 Å². The molecule has 0 bridgehead atoms. The summed E-state index contributed by atoms with van der Waals surface area (Å²) in [6.45, 7) is 4.19. The molecule has 5 heteroatoms. The molecular formula is C17H18N2O3. The highest BCUT2D eigenvalue weighted by molar-refractivity contribution is 5.96. The van der Waals surface area contributed by atoms with E-state index in [4.69, 9.17) is 4.74 Å². The Morgan fingerprint density at radius 3 is 2.77 bits per heavy atom. The Labute approximate surface area is 129 Å². The van der Waals surface area contributed by atoms with E-state index in [0.717, 1.165) is 5.56 Å².